The van der Waals surface area contributed by atoms with Gasteiger partial charge in [-0.15, -0.1) is 0 Å². The Bertz CT molecular complexity index is 679. The van der Waals surface area contributed by atoms with Crippen LogP contribution < -0.4 is 5.14 Å². The topological polar surface area (TPSA) is 88.8 Å². The molecule has 1 heterocycles. The van der Waals surface area contributed by atoms with E-state index in [0.717, 1.165) is 23.3 Å². The number of hydrogen-bond donors (Lipinski definition) is 3. The fourth-order valence-electron chi connectivity index (χ4n) is 2.60. The van der Waals surface area contributed by atoms with E-state index < -0.39 is 15.3 Å². The Morgan fingerprint density at radius 2 is 2.00 bits per heavy atom. The molecule has 0 saturated carbocycles. The molecule has 0 saturated heterocycles. The van der Waals surface area contributed by atoms with Gasteiger partial charge in [-0.05, 0) is 31.4 Å². The molecule has 5 nitrogen and oxygen atoms in total. The molecular weight excluding hydrogens is 318 g/mol. The molecule has 2 aromatic rings. The van der Waals surface area contributed by atoms with Crippen LogP contribution in [0.3, 0.4) is 0 Å². The van der Waals surface area contributed by atoms with Crippen molar-refractivity contribution in [3.63, 3.8) is 0 Å². The van der Waals surface area contributed by atoms with Gasteiger partial charge in [0.25, 0.3) is 0 Å². The Morgan fingerprint density at radius 3 is 2.64 bits per heavy atom. The van der Waals surface area contributed by atoms with Crippen LogP contribution in [0.5, 0.6) is 0 Å². The lowest BCUT2D eigenvalue weighted by molar-refractivity contribution is 0.547. The lowest BCUT2D eigenvalue weighted by atomic mass is 10.1. The van der Waals surface area contributed by atoms with Gasteiger partial charge in [0.2, 0.25) is 10.0 Å². The van der Waals surface area contributed by atoms with Crippen molar-refractivity contribution in [3.05, 3.63) is 30.1 Å². The first-order valence-corrected chi connectivity index (χ1v) is 9.66. The van der Waals surface area contributed by atoms with E-state index in [-0.39, 0.29) is 5.25 Å². The molecule has 0 amide bonds. The predicted octanol–water partition coefficient (Wildman–Crippen LogP) is 2.64. The Hall–Kier alpha value is -1.05. The molecule has 2 rings (SSSR count). The number of nitrogens with zero attached hydrogens (tertiary/aromatic N) is 1. The molecule has 0 fully saturated rings. The van der Waals surface area contributed by atoms with Gasteiger partial charge in [-0.1, -0.05) is 25.5 Å². The van der Waals surface area contributed by atoms with Gasteiger partial charge in [0.1, 0.15) is 5.82 Å². The third kappa shape index (κ3) is 4.72. The Labute approximate surface area is 137 Å². The van der Waals surface area contributed by atoms with Crippen molar-refractivity contribution in [3.8, 4) is 0 Å². The van der Waals surface area contributed by atoms with Crippen molar-refractivity contribution in [2.45, 2.75) is 49.5 Å². The molecule has 0 spiro atoms. The van der Waals surface area contributed by atoms with Crippen LogP contribution in [0.4, 0.5) is 0 Å². The van der Waals surface area contributed by atoms with E-state index in [1.807, 2.05) is 31.2 Å². The maximum absolute atomic E-state index is 11.5. The van der Waals surface area contributed by atoms with Crippen molar-refractivity contribution >= 4 is 33.7 Å². The fourth-order valence-corrected chi connectivity index (χ4v) is 3.95. The molecule has 3 N–H and O–H groups in total. The molecule has 7 heteroatoms. The molecule has 2 atom stereocenters. The number of H-pyrrole nitrogens is 1. The molecule has 0 aliphatic heterocycles. The maximum atomic E-state index is 11.5. The Morgan fingerprint density at radius 1 is 1.27 bits per heavy atom. The van der Waals surface area contributed by atoms with E-state index >= 15 is 0 Å². The van der Waals surface area contributed by atoms with E-state index in [4.69, 9.17) is 5.14 Å². The summed E-state index contributed by atoms with van der Waals surface area (Å²) in [5.74, 6) is 0.879. The number of rotatable bonds is 8. The quantitative estimate of drug-likeness (QED) is 0.645. The number of aromatic amines is 1. The number of nitrogens with one attached hydrogen (secondary N) is 1. The highest BCUT2D eigenvalue weighted by Crippen LogP contribution is 2.19. The SMILES string of the molecule is CCCC(CCC(S)Cc1nc2ccccc2[nH]1)S(N)(=O)=O. The maximum Gasteiger partial charge on any atom is 0.211 e. The van der Waals surface area contributed by atoms with Crippen LogP contribution in [-0.4, -0.2) is 28.9 Å². The van der Waals surface area contributed by atoms with Crippen LogP contribution in [-0.2, 0) is 16.4 Å². The third-order valence-electron chi connectivity index (χ3n) is 3.76. The lowest BCUT2D eigenvalue weighted by Gasteiger charge is -2.16. The van der Waals surface area contributed by atoms with E-state index in [1.54, 1.807) is 0 Å². The zero-order valence-electron chi connectivity index (χ0n) is 12.7. The van der Waals surface area contributed by atoms with E-state index in [0.29, 0.717) is 25.7 Å². The van der Waals surface area contributed by atoms with Crippen LogP contribution in [0.2, 0.25) is 0 Å². The van der Waals surface area contributed by atoms with Crippen molar-refractivity contribution in [2.24, 2.45) is 5.14 Å². The first-order chi connectivity index (χ1) is 10.4. The highest BCUT2D eigenvalue weighted by Gasteiger charge is 2.21. The number of fused-ring (bicyclic) bond motifs is 1. The Kier molecular flexibility index (Phi) is 5.88. The zero-order chi connectivity index (χ0) is 16.2. The summed E-state index contributed by atoms with van der Waals surface area (Å²) in [6.45, 7) is 1.96. The molecule has 1 aromatic carbocycles. The average molecular weight is 342 g/mol. The number of thiol groups is 1. The molecule has 22 heavy (non-hydrogen) atoms. The molecule has 0 aliphatic rings. The number of nitrogens with two attached hydrogens (primary N) is 1. The summed E-state index contributed by atoms with van der Waals surface area (Å²) >= 11 is 4.57. The highest BCUT2D eigenvalue weighted by molar-refractivity contribution is 7.89. The van der Waals surface area contributed by atoms with Crippen LogP contribution >= 0.6 is 12.6 Å². The monoisotopic (exact) mass is 341 g/mol. The summed E-state index contributed by atoms with van der Waals surface area (Å²) in [7, 11) is -3.47. The summed E-state index contributed by atoms with van der Waals surface area (Å²) < 4.78 is 23.1. The zero-order valence-corrected chi connectivity index (χ0v) is 14.4. The second-order valence-corrected chi connectivity index (χ2v) is 8.21. The number of sulfonamides is 1. The first kappa shape index (κ1) is 17.3. The largest absolute Gasteiger partial charge is 0.342 e. The Balaban J connectivity index is 1.93. The number of para-hydroxylation sites is 2. The summed E-state index contributed by atoms with van der Waals surface area (Å²) in [4.78, 5) is 7.78. The van der Waals surface area contributed by atoms with Crippen LogP contribution in [0, 0.1) is 0 Å². The van der Waals surface area contributed by atoms with Gasteiger partial charge >= 0.3 is 0 Å². The second kappa shape index (κ2) is 7.48. The summed E-state index contributed by atoms with van der Waals surface area (Å²) in [5.41, 5.74) is 1.94. The predicted molar refractivity (Wildman–Crippen MR) is 93.6 cm³/mol. The van der Waals surface area contributed by atoms with Gasteiger partial charge in [0.15, 0.2) is 0 Å². The highest BCUT2D eigenvalue weighted by atomic mass is 32.2. The van der Waals surface area contributed by atoms with Crippen LogP contribution in [0.25, 0.3) is 11.0 Å². The number of aromatic nitrogens is 2. The molecule has 122 valence electrons. The minimum absolute atomic E-state index is 0.0571. The standard InChI is InChI=1S/C15H23N3O2S2/c1-2-5-12(22(16,19)20)9-8-11(21)10-15-17-13-6-3-4-7-14(13)18-15/h3-4,6-7,11-12,21H,2,5,8-10H2,1H3,(H,17,18)(H2,16,19,20). The van der Waals surface area contributed by atoms with Crippen LogP contribution in [0.15, 0.2) is 24.3 Å². The van der Waals surface area contributed by atoms with Crippen LogP contribution in [0.1, 0.15) is 38.4 Å². The van der Waals surface area contributed by atoms with Crippen molar-refractivity contribution in [1.29, 1.82) is 0 Å². The average Bonchev–Trinajstić information content (AvgIpc) is 2.84. The lowest BCUT2D eigenvalue weighted by Crippen LogP contribution is -2.29. The number of hydrogen-bond acceptors (Lipinski definition) is 4. The van der Waals surface area contributed by atoms with Gasteiger partial charge in [0, 0.05) is 11.7 Å². The van der Waals surface area contributed by atoms with Crippen molar-refractivity contribution in [1.82, 2.24) is 9.97 Å². The van der Waals surface area contributed by atoms with Gasteiger partial charge < -0.3 is 4.98 Å². The summed E-state index contributed by atoms with van der Waals surface area (Å²) in [6, 6.07) is 7.86. The third-order valence-corrected chi connectivity index (χ3v) is 5.61. The van der Waals surface area contributed by atoms with Gasteiger partial charge in [-0.25, -0.2) is 18.5 Å². The first-order valence-electron chi connectivity index (χ1n) is 7.53. The number of benzene rings is 1. The number of imidazole rings is 1. The molecular formula is C15H23N3O2S2. The molecule has 0 radical (unpaired) electrons. The molecule has 0 bridgehead atoms. The van der Waals surface area contributed by atoms with Crippen molar-refractivity contribution < 1.29 is 8.42 Å². The fraction of sp³-hybridized carbons (Fsp3) is 0.533. The smallest absolute Gasteiger partial charge is 0.211 e. The van der Waals surface area contributed by atoms with Gasteiger partial charge in [-0.2, -0.15) is 12.6 Å². The summed E-state index contributed by atoms with van der Waals surface area (Å²) in [6.07, 6.45) is 3.33. The summed E-state index contributed by atoms with van der Waals surface area (Å²) in [5, 5.41) is 4.87. The molecule has 1 aromatic heterocycles. The minimum Gasteiger partial charge on any atom is -0.342 e. The second-order valence-electron chi connectivity index (χ2n) is 5.64. The minimum atomic E-state index is -3.47. The molecule has 0 aliphatic carbocycles. The van der Waals surface area contributed by atoms with Gasteiger partial charge in [0.05, 0.1) is 16.3 Å². The molecule has 2 unspecified atom stereocenters. The van der Waals surface area contributed by atoms with E-state index in [1.165, 1.54) is 0 Å². The van der Waals surface area contributed by atoms with Gasteiger partial charge in [-0.3, -0.25) is 0 Å². The van der Waals surface area contributed by atoms with E-state index in [9.17, 15) is 8.42 Å². The van der Waals surface area contributed by atoms with Crippen molar-refractivity contribution in [2.75, 3.05) is 0 Å². The number of primary sulfonamides is 1. The van der Waals surface area contributed by atoms with E-state index in [2.05, 4.69) is 22.6 Å². The normalized spacial score (nSPS) is 15.0.